The number of carbonyl (C=O) groups is 3. The van der Waals surface area contributed by atoms with Crippen molar-refractivity contribution >= 4 is 23.9 Å². The van der Waals surface area contributed by atoms with Crippen molar-refractivity contribution in [1.82, 2.24) is 10.6 Å². The zero-order chi connectivity index (χ0) is 33.5. The Morgan fingerprint density at radius 1 is 0.896 bits per heavy atom. The lowest BCUT2D eigenvalue weighted by molar-refractivity contribution is -0.172. The Balaban J connectivity index is 1.20. The monoisotopic (exact) mass is 654 g/mol. The summed E-state index contributed by atoms with van der Waals surface area (Å²) in [5.74, 6) is -2.20. The van der Waals surface area contributed by atoms with Crippen molar-refractivity contribution in [3.63, 3.8) is 0 Å². The van der Waals surface area contributed by atoms with Crippen LogP contribution >= 0.6 is 0 Å². The van der Waals surface area contributed by atoms with Gasteiger partial charge < -0.3 is 39.8 Å². The van der Waals surface area contributed by atoms with Gasteiger partial charge in [-0.1, -0.05) is 54.6 Å². The number of benzene rings is 3. The number of rotatable bonds is 12. The molecule has 3 aromatic rings. The molecule has 3 atom stereocenters. The SMILES string of the molecule is O=C(NCc1cccc(C(=O)NCCO)c1)C1=C[C@H]2OC3(Cc4ccccc4C3)O[C@H]2[C@H](OC(=O)c2ccccc2C=COCCO)C1. The van der Waals surface area contributed by atoms with Crippen molar-refractivity contribution in [3.8, 4) is 0 Å². The molecular formula is C37H38N2O9. The number of amides is 2. The second kappa shape index (κ2) is 15.0. The Labute approximate surface area is 278 Å². The molecule has 11 heteroatoms. The topological polar surface area (TPSA) is 153 Å². The van der Waals surface area contributed by atoms with Gasteiger partial charge in [0.05, 0.1) is 25.0 Å². The van der Waals surface area contributed by atoms with E-state index in [9.17, 15) is 14.4 Å². The first-order valence-electron chi connectivity index (χ1n) is 16.0. The van der Waals surface area contributed by atoms with Gasteiger partial charge in [0.15, 0.2) is 5.79 Å². The first kappa shape index (κ1) is 33.1. The molecule has 0 aromatic heterocycles. The van der Waals surface area contributed by atoms with Crippen LogP contribution in [0.25, 0.3) is 6.08 Å². The summed E-state index contributed by atoms with van der Waals surface area (Å²) in [7, 11) is 0. The van der Waals surface area contributed by atoms with E-state index in [1.807, 2.05) is 24.3 Å². The first-order chi connectivity index (χ1) is 23.4. The maximum absolute atomic E-state index is 13.6. The van der Waals surface area contributed by atoms with Gasteiger partial charge in [-0.25, -0.2) is 4.79 Å². The molecule has 0 saturated carbocycles. The minimum Gasteiger partial charge on any atom is -0.499 e. The average Bonchev–Trinajstić information content (AvgIpc) is 3.66. The van der Waals surface area contributed by atoms with Crippen LogP contribution in [-0.4, -0.2) is 78.5 Å². The first-order valence-corrected chi connectivity index (χ1v) is 16.0. The lowest BCUT2D eigenvalue weighted by Crippen LogP contribution is -2.43. The van der Waals surface area contributed by atoms with Crippen molar-refractivity contribution in [1.29, 1.82) is 0 Å². The van der Waals surface area contributed by atoms with Crippen LogP contribution in [-0.2, 0) is 43.1 Å². The highest BCUT2D eigenvalue weighted by atomic mass is 16.8. The zero-order valence-corrected chi connectivity index (χ0v) is 26.3. The molecule has 3 aromatic carbocycles. The number of aliphatic hydroxyl groups excluding tert-OH is 2. The number of nitrogens with one attached hydrogen (secondary N) is 2. The fourth-order valence-electron chi connectivity index (χ4n) is 6.32. The molecule has 6 rings (SSSR count). The van der Waals surface area contributed by atoms with Gasteiger partial charge in [-0.3, -0.25) is 9.59 Å². The smallest absolute Gasteiger partial charge is 0.339 e. The van der Waals surface area contributed by atoms with Crippen LogP contribution in [0, 0.1) is 0 Å². The van der Waals surface area contributed by atoms with Crippen LogP contribution in [0.3, 0.4) is 0 Å². The lowest BCUT2D eigenvalue weighted by atomic mass is 9.91. The molecule has 1 aliphatic heterocycles. The molecule has 2 aliphatic carbocycles. The number of hydrogen-bond donors (Lipinski definition) is 4. The van der Waals surface area contributed by atoms with E-state index in [-0.39, 0.29) is 51.1 Å². The van der Waals surface area contributed by atoms with Crippen LogP contribution in [0.5, 0.6) is 0 Å². The van der Waals surface area contributed by atoms with E-state index in [1.165, 1.54) is 6.26 Å². The fourth-order valence-corrected chi connectivity index (χ4v) is 6.32. The summed E-state index contributed by atoms with van der Waals surface area (Å²) in [6, 6.07) is 21.8. The van der Waals surface area contributed by atoms with E-state index in [1.54, 1.807) is 60.7 Å². The van der Waals surface area contributed by atoms with Crippen LogP contribution < -0.4 is 10.6 Å². The molecule has 4 N–H and O–H groups in total. The van der Waals surface area contributed by atoms with Crippen LogP contribution in [0.1, 0.15) is 49.4 Å². The van der Waals surface area contributed by atoms with E-state index in [4.69, 9.17) is 29.2 Å². The van der Waals surface area contributed by atoms with Crippen LogP contribution in [0.15, 0.2) is 90.7 Å². The van der Waals surface area contributed by atoms with Crippen molar-refractivity contribution in [2.75, 3.05) is 26.4 Å². The van der Waals surface area contributed by atoms with Gasteiger partial charge in [0, 0.05) is 43.5 Å². The van der Waals surface area contributed by atoms with E-state index < -0.39 is 30.1 Å². The third kappa shape index (κ3) is 7.50. The van der Waals surface area contributed by atoms with Gasteiger partial charge in [0.25, 0.3) is 5.91 Å². The Morgan fingerprint density at radius 2 is 1.67 bits per heavy atom. The Kier molecular flexibility index (Phi) is 10.3. The van der Waals surface area contributed by atoms with Crippen molar-refractivity contribution in [2.45, 2.75) is 49.9 Å². The number of carbonyl (C=O) groups excluding carboxylic acids is 3. The molecular weight excluding hydrogens is 616 g/mol. The number of hydrogen-bond acceptors (Lipinski definition) is 9. The second-order valence-electron chi connectivity index (χ2n) is 11.9. The van der Waals surface area contributed by atoms with Gasteiger partial charge in [0.2, 0.25) is 5.91 Å². The van der Waals surface area contributed by atoms with Gasteiger partial charge in [-0.05, 0) is 52.6 Å². The molecule has 1 saturated heterocycles. The predicted octanol–water partition coefficient (Wildman–Crippen LogP) is 2.84. The molecule has 0 bridgehead atoms. The number of fused-ring (bicyclic) bond motifs is 2. The number of esters is 1. The second-order valence-corrected chi connectivity index (χ2v) is 11.9. The van der Waals surface area contributed by atoms with Crippen molar-refractivity contribution in [3.05, 3.63) is 124 Å². The fraction of sp³-hybridized carbons (Fsp3) is 0.324. The Bertz CT molecular complexity index is 1690. The highest BCUT2D eigenvalue weighted by Gasteiger charge is 2.55. The molecule has 2 amide bonds. The molecule has 48 heavy (non-hydrogen) atoms. The summed E-state index contributed by atoms with van der Waals surface area (Å²) in [6.07, 6.45) is 3.89. The van der Waals surface area contributed by atoms with Crippen LogP contribution in [0.2, 0.25) is 0 Å². The molecule has 0 radical (unpaired) electrons. The average molecular weight is 655 g/mol. The largest absolute Gasteiger partial charge is 0.499 e. The quantitative estimate of drug-likeness (QED) is 0.131. The highest BCUT2D eigenvalue weighted by molar-refractivity contribution is 5.96. The molecule has 1 fully saturated rings. The molecule has 3 aliphatic rings. The zero-order valence-electron chi connectivity index (χ0n) is 26.3. The summed E-state index contributed by atoms with van der Waals surface area (Å²) < 4.78 is 24.5. The van der Waals surface area contributed by atoms with E-state index >= 15 is 0 Å². The minimum absolute atomic E-state index is 0.104. The summed E-state index contributed by atoms with van der Waals surface area (Å²) in [5.41, 5.74) is 4.66. The van der Waals surface area contributed by atoms with Gasteiger partial charge in [-0.15, -0.1) is 0 Å². The summed E-state index contributed by atoms with van der Waals surface area (Å²) >= 11 is 0. The van der Waals surface area contributed by atoms with Crippen molar-refractivity contribution < 1.29 is 43.5 Å². The third-order valence-corrected chi connectivity index (χ3v) is 8.54. The normalized spacial score (nSPS) is 20.5. The summed E-state index contributed by atoms with van der Waals surface area (Å²) in [6.45, 7) is 0.124. The van der Waals surface area contributed by atoms with Crippen LogP contribution in [0.4, 0.5) is 0 Å². The highest BCUT2D eigenvalue weighted by Crippen LogP contribution is 2.45. The molecule has 1 spiro atoms. The molecule has 0 unspecified atom stereocenters. The Hall–Kier alpha value is -4.81. The molecule has 250 valence electrons. The summed E-state index contributed by atoms with van der Waals surface area (Å²) in [4.78, 5) is 39.6. The predicted molar refractivity (Wildman–Crippen MR) is 174 cm³/mol. The lowest BCUT2D eigenvalue weighted by Gasteiger charge is -2.30. The Morgan fingerprint density at radius 3 is 2.44 bits per heavy atom. The van der Waals surface area contributed by atoms with E-state index in [2.05, 4.69) is 10.6 Å². The van der Waals surface area contributed by atoms with Gasteiger partial charge >= 0.3 is 5.97 Å². The third-order valence-electron chi connectivity index (χ3n) is 8.54. The van der Waals surface area contributed by atoms with Gasteiger partial charge in [-0.2, -0.15) is 0 Å². The summed E-state index contributed by atoms with van der Waals surface area (Å²) in [5, 5.41) is 23.5. The van der Waals surface area contributed by atoms with E-state index in [0.29, 0.717) is 40.7 Å². The standard InChI is InChI=1S/C37H38N2O9/c40-14-13-38-34(42)26-10-5-6-24(18-26)23-39-35(43)29-19-31(46-36(44)30-11-4-3-7-25(30)12-16-45-17-15-41)33-32(20-29)47-37(48-33)21-27-8-1-2-9-28(27)22-37/h1-12,16,18,20,31-33,40-41H,13-15,17,19,21-23H2,(H,38,42)(H,39,43)/t31-,32-,33+/m1/s1. The number of ether oxygens (including phenoxy) is 4. The maximum Gasteiger partial charge on any atom is 0.339 e. The maximum atomic E-state index is 13.6. The minimum atomic E-state index is -0.937. The van der Waals surface area contributed by atoms with E-state index in [0.717, 1.165) is 11.1 Å². The number of aliphatic hydroxyl groups is 2. The van der Waals surface area contributed by atoms with Crippen molar-refractivity contribution in [2.24, 2.45) is 0 Å². The van der Waals surface area contributed by atoms with Gasteiger partial charge in [0.1, 0.15) is 24.9 Å². The molecule has 1 heterocycles. The molecule has 11 nitrogen and oxygen atoms in total.